The molecule has 0 unspecified atom stereocenters. The number of benzene rings is 2. The Bertz CT molecular complexity index is 772. The Hall–Kier alpha value is -2.89. The van der Waals surface area contributed by atoms with Gasteiger partial charge >= 0.3 is 0 Å². The highest BCUT2D eigenvalue weighted by Crippen LogP contribution is 2.07. The minimum atomic E-state index is -0.198. The number of halogens is 1. The number of aliphatic imine (C=N–C) groups is 1. The molecule has 0 saturated heterocycles. The molecule has 0 saturated carbocycles. The second-order valence-corrected chi connectivity index (χ2v) is 6.48. The van der Waals surface area contributed by atoms with Crippen molar-refractivity contribution in [1.82, 2.24) is 15.5 Å². The summed E-state index contributed by atoms with van der Waals surface area (Å²) < 4.78 is 13.2. The highest BCUT2D eigenvalue weighted by Gasteiger charge is 2.07. The molecule has 0 aliphatic carbocycles. The first kappa shape index (κ1) is 20.4. The Morgan fingerprint density at radius 3 is 2.44 bits per heavy atom. The number of nitrogens with zero attached hydrogens (tertiary/aromatic N) is 2. The molecule has 2 N–H and O–H groups in total. The van der Waals surface area contributed by atoms with Crippen molar-refractivity contribution >= 4 is 11.9 Å². The third-order valence-electron chi connectivity index (χ3n) is 4.11. The third-order valence-corrected chi connectivity index (χ3v) is 4.11. The third kappa shape index (κ3) is 6.73. The van der Waals surface area contributed by atoms with Crippen molar-refractivity contribution in [3.63, 3.8) is 0 Å². The lowest BCUT2D eigenvalue weighted by atomic mass is 10.1. The van der Waals surface area contributed by atoms with Crippen molar-refractivity contribution in [2.24, 2.45) is 4.99 Å². The highest BCUT2D eigenvalue weighted by atomic mass is 19.1. The fourth-order valence-electron chi connectivity index (χ4n) is 2.62. The lowest BCUT2D eigenvalue weighted by Crippen LogP contribution is -2.37. The molecule has 0 heterocycles. The van der Waals surface area contributed by atoms with Crippen LogP contribution in [0.25, 0.3) is 0 Å². The van der Waals surface area contributed by atoms with Gasteiger partial charge in [0.25, 0.3) is 5.91 Å². The quantitative estimate of drug-likeness (QED) is 0.448. The molecule has 2 aromatic rings. The Balaban J connectivity index is 1.74. The van der Waals surface area contributed by atoms with Crippen molar-refractivity contribution < 1.29 is 9.18 Å². The van der Waals surface area contributed by atoms with Gasteiger partial charge in [0.2, 0.25) is 0 Å². The van der Waals surface area contributed by atoms with E-state index in [1.807, 2.05) is 30.3 Å². The SMILES string of the molecule is CN=C(NCCCc1cccc(F)c1)NCc1ccc(C(=O)N(C)C)cc1. The maximum atomic E-state index is 13.2. The van der Waals surface area contributed by atoms with Crippen molar-refractivity contribution in [3.8, 4) is 0 Å². The number of hydrogen-bond acceptors (Lipinski definition) is 2. The molecule has 0 spiro atoms. The molecule has 144 valence electrons. The van der Waals surface area contributed by atoms with E-state index in [9.17, 15) is 9.18 Å². The average Bonchev–Trinajstić information content (AvgIpc) is 2.67. The Kier molecular flexibility index (Phi) is 7.79. The molecule has 2 rings (SSSR count). The molecule has 0 radical (unpaired) electrons. The number of nitrogens with one attached hydrogen (secondary N) is 2. The highest BCUT2D eigenvalue weighted by molar-refractivity contribution is 5.93. The molecule has 0 aliphatic rings. The zero-order valence-electron chi connectivity index (χ0n) is 16.1. The standard InChI is InChI=1S/C21H27FN4O/c1-23-21(24-13-5-7-16-6-4-8-19(22)14-16)25-15-17-9-11-18(12-10-17)20(27)26(2)3/h4,6,8-12,14H,5,7,13,15H2,1-3H3,(H2,23,24,25). The molecule has 0 atom stereocenters. The summed E-state index contributed by atoms with van der Waals surface area (Å²) in [5.74, 6) is 0.504. The van der Waals surface area contributed by atoms with E-state index in [-0.39, 0.29) is 11.7 Å². The molecular weight excluding hydrogens is 343 g/mol. The van der Waals surface area contributed by atoms with Gasteiger partial charge in [-0.3, -0.25) is 9.79 Å². The van der Waals surface area contributed by atoms with E-state index in [0.29, 0.717) is 18.1 Å². The number of rotatable bonds is 7. The van der Waals surface area contributed by atoms with Crippen LogP contribution in [0.4, 0.5) is 4.39 Å². The van der Waals surface area contributed by atoms with E-state index in [1.54, 1.807) is 38.2 Å². The first-order chi connectivity index (χ1) is 13.0. The number of carbonyl (C=O) groups excluding carboxylic acids is 1. The van der Waals surface area contributed by atoms with Gasteiger partial charge in [0.05, 0.1) is 0 Å². The Morgan fingerprint density at radius 2 is 1.81 bits per heavy atom. The fraction of sp³-hybridized carbons (Fsp3) is 0.333. The Labute approximate surface area is 160 Å². The van der Waals surface area contributed by atoms with Crippen LogP contribution in [0.15, 0.2) is 53.5 Å². The molecular formula is C21H27FN4O. The summed E-state index contributed by atoms with van der Waals surface area (Å²) in [7, 11) is 5.20. The van der Waals surface area contributed by atoms with Crippen LogP contribution in [0, 0.1) is 5.82 Å². The van der Waals surface area contributed by atoms with Gasteiger partial charge in [-0.2, -0.15) is 0 Å². The van der Waals surface area contributed by atoms with Crippen molar-refractivity contribution in [2.75, 3.05) is 27.7 Å². The lowest BCUT2D eigenvalue weighted by molar-refractivity contribution is 0.0827. The van der Waals surface area contributed by atoms with Gasteiger partial charge in [0.15, 0.2) is 5.96 Å². The van der Waals surface area contributed by atoms with Crippen LogP contribution >= 0.6 is 0 Å². The molecule has 0 fully saturated rings. The first-order valence-electron chi connectivity index (χ1n) is 8.99. The van der Waals surface area contributed by atoms with Gasteiger partial charge < -0.3 is 15.5 Å². The summed E-state index contributed by atoms with van der Waals surface area (Å²) in [6.45, 7) is 1.35. The molecule has 5 nitrogen and oxygen atoms in total. The topological polar surface area (TPSA) is 56.7 Å². The molecule has 0 bridgehead atoms. The van der Waals surface area contributed by atoms with Gasteiger partial charge in [-0.1, -0.05) is 24.3 Å². The normalized spacial score (nSPS) is 11.2. The molecule has 0 aromatic heterocycles. The summed E-state index contributed by atoms with van der Waals surface area (Å²) in [6.07, 6.45) is 1.69. The number of hydrogen-bond donors (Lipinski definition) is 2. The van der Waals surface area contributed by atoms with E-state index in [1.165, 1.54) is 6.07 Å². The maximum Gasteiger partial charge on any atom is 0.253 e. The van der Waals surface area contributed by atoms with E-state index < -0.39 is 0 Å². The fourth-order valence-corrected chi connectivity index (χ4v) is 2.62. The number of guanidine groups is 1. The van der Waals surface area contributed by atoms with Crippen LogP contribution in [0.5, 0.6) is 0 Å². The average molecular weight is 370 g/mol. The minimum absolute atomic E-state index is 0.00900. The Morgan fingerprint density at radius 1 is 1.07 bits per heavy atom. The second kappa shape index (κ2) is 10.3. The molecule has 1 amide bonds. The zero-order chi connectivity index (χ0) is 19.6. The predicted molar refractivity (Wildman–Crippen MR) is 107 cm³/mol. The number of carbonyl (C=O) groups is 1. The molecule has 2 aromatic carbocycles. The van der Waals surface area contributed by atoms with Crippen molar-refractivity contribution in [1.29, 1.82) is 0 Å². The monoisotopic (exact) mass is 370 g/mol. The largest absolute Gasteiger partial charge is 0.356 e. The number of amides is 1. The van der Waals surface area contributed by atoms with Crippen LogP contribution in [-0.2, 0) is 13.0 Å². The van der Waals surface area contributed by atoms with E-state index in [4.69, 9.17) is 0 Å². The van der Waals surface area contributed by atoms with Crippen LogP contribution in [-0.4, -0.2) is 44.5 Å². The molecule has 0 aliphatic heterocycles. The summed E-state index contributed by atoms with van der Waals surface area (Å²) in [5, 5.41) is 6.50. The summed E-state index contributed by atoms with van der Waals surface area (Å²) in [5.41, 5.74) is 2.73. The summed E-state index contributed by atoms with van der Waals surface area (Å²) in [6, 6.07) is 14.2. The summed E-state index contributed by atoms with van der Waals surface area (Å²) >= 11 is 0. The second-order valence-electron chi connectivity index (χ2n) is 6.48. The van der Waals surface area contributed by atoms with Crippen LogP contribution in [0.3, 0.4) is 0 Å². The molecule has 6 heteroatoms. The van der Waals surface area contributed by atoms with Gasteiger partial charge in [0, 0.05) is 39.8 Å². The van der Waals surface area contributed by atoms with Crippen molar-refractivity contribution in [3.05, 3.63) is 71.0 Å². The number of aryl methyl sites for hydroxylation is 1. The van der Waals surface area contributed by atoms with Crippen molar-refractivity contribution in [2.45, 2.75) is 19.4 Å². The van der Waals surface area contributed by atoms with Gasteiger partial charge in [-0.15, -0.1) is 0 Å². The van der Waals surface area contributed by atoms with Gasteiger partial charge in [0.1, 0.15) is 5.82 Å². The smallest absolute Gasteiger partial charge is 0.253 e. The predicted octanol–water partition coefficient (Wildman–Crippen LogP) is 2.83. The minimum Gasteiger partial charge on any atom is -0.356 e. The van der Waals surface area contributed by atoms with E-state index in [2.05, 4.69) is 15.6 Å². The van der Waals surface area contributed by atoms with E-state index >= 15 is 0 Å². The maximum absolute atomic E-state index is 13.2. The van der Waals surface area contributed by atoms with E-state index in [0.717, 1.165) is 30.5 Å². The molecule has 27 heavy (non-hydrogen) atoms. The first-order valence-corrected chi connectivity index (χ1v) is 8.99. The van der Waals surface area contributed by atoms with Crippen LogP contribution < -0.4 is 10.6 Å². The van der Waals surface area contributed by atoms with Crippen LogP contribution in [0.2, 0.25) is 0 Å². The zero-order valence-corrected chi connectivity index (χ0v) is 16.1. The lowest BCUT2D eigenvalue weighted by Gasteiger charge is -2.13. The van der Waals surface area contributed by atoms with Crippen LogP contribution in [0.1, 0.15) is 27.9 Å². The van der Waals surface area contributed by atoms with Gasteiger partial charge in [-0.05, 0) is 48.2 Å². The van der Waals surface area contributed by atoms with Gasteiger partial charge in [-0.25, -0.2) is 4.39 Å². The summed E-state index contributed by atoms with van der Waals surface area (Å²) in [4.78, 5) is 17.7.